The average molecular weight is 2130 g/mol. The monoisotopic (exact) mass is 2120 g/mol. The normalized spacial score (nSPS) is 17.5. The van der Waals surface area contributed by atoms with Gasteiger partial charge in [-0.2, -0.15) is 0 Å². The number of likely N-dealkylation sites (tertiary alicyclic amines) is 6. The maximum atomic E-state index is 12.2. The number of ketones is 2. The Bertz CT molecular complexity index is 3860. The van der Waals surface area contributed by atoms with Gasteiger partial charge in [-0.3, -0.25) is 67.2 Å². The second-order valence-corrected chi connectivity index (χ2v) is 56.0. The Balaban J connectivity index is 0.000000876. The number of piperazine rings is 1. The number of piperidine rings is 6. The summed E-state index contributed by atoms with van der Waals surface area (Å²) >= 11 is 0. The minimum Gasteiger partial charge on any atom is -0.369 e. The van der Waals surface area contributed by atoms with Crippen LogP contribution in [0.3, 0.4) is 0 Å². The van der Waals surface area contributed by atoms with E-state index in [4.69, 9.17) is 23.7 Å². The molecule has 7 fully saturated rings. The molecule has 0 aliphatic carbocycles. The van der Waals surface area contributed by atoms with E-state index in [9.17, 15) is 62.3 Å². The number of rotatable bonds is 34. The number of Topliss-reactive ketones (excluding diaryl/α,β-unsaturated/α-hetero) is 2. The Morgan fingerprint density at radius 2 is 0.573 bits per heavy atom. The number of carbonyl (C=O) groups is 13. The molecule has 7 heterocycles. The molecule has 0 radical (unpaired) electrons. The molecule has 7 aliphatic rings. The fraction of sp³-hybridized carbons (Fsp3) is 0.891. The Kier molecular flexibility index (Phi) is 62.8. The zero-order valence-electron chi connectivity index (χ0n) is 103. The molecular formula is C119H225N13O18. The summed E-state index contributed by atoms with van der Waals surface area (Å²) in [5, 5.41) is 15.5. The number of nitrogens with zero attached hydrogens (tertiary/aromatic N) is 8. The second kappa shape index (κ2) is 66.7. The zero-order chi connectivity index (χ0) is 115. The van der Waals surface area contributed by atoms with Gasteiger partial charge in [-0.1, -0.05) is 145 Å². The smallest absolute Gasteiger partial charge is 0.248 e. The van der Waals surface area contributed by atoms with Crippen molar-refractivity contribution in [1.29, 1.82) is 0 Å². The van der Waals surface area contributed by atoms with Crippen molar-refractivity contribution in [2.45, 2.75) is 470 Å². The third kappa shape index (κ3) is 70.7. The van der Waals surface area contributed by atoms with Gasteiger partial charge in [0.2, 0.25) is 65.0 Å². The Hall–Kier alpha value is -6.77. The fourth-order valence-corrected chi connectivity index (χ4v) is 17.1. The van der Waals surface area contributed by atoms with Crippen LogP contribution in [0.2, 0.25) is 0 Å². The largest absolute Gasteiger partial charge is 0.369 e. The van der Waals surface area contributed by atoms with Crippen LogP contribution in [0.25, 0.3) is 0 Å². The number of carbonyl (C=O) groups excluding carboxylic acids is 13. The second-order valence-electron chi connectivity index (χ2n) is 56.0. The quantitative estimate of drug-likeness (QED) is 0.0399. The predicted molar refractivity (Wildman–Crippen MR) is 606 cm³/mol. The van der Waals surface area contributed by atoms with Crippen LogP contribution in [0, 0.1) is 61.6 Å². The average Bonchev–Trinajstić information content (AvgIpc) is 0.856. The lowest BCUT2D eigenvalue weighted by Crippen LogP contribution is -2.51. The van der Waals surface area contributed by atoms with Crippen molar-refractivity contribution in [1.82, 2.24) is 65.8 Å². The molecule has 0 bridgehead atoms. The van der Waals surface area contributed by atoms with Crippen LogP contribution in [0.5, 0.6) is 0 Å². The van der Waals surface area contributed by atoms with Crippen molar-refractivity contribution in [2.24, 2.45) is 61.6 Å². The van der Waals surface area contributed by atoms with E-state index in [-0.39, 0.29) is 201 Å². The van der Waals surface area contributed by atoms with Gasteiger partial charge < -0.3 is 84.6 Å². The van der Waals surface area contributed by atoms with Gasteiger partial charge in [0.15, 0.2) is 0 Å². The molecule has 0 saturated carbocycles. The first-order valence-corrected chi connectivity index (χ1v) is 57.4. The molecule has 0 atom stereocenters. The minimum atomic E-state index is -0.368. The van der Waals surface area contributed by atoms with E-state index >= 15 is 0 Å². The van der Waals surface area contributed by atoms with E-state index in [1.165, 1.54) is 0 Å². The lowest BCUT2D eigenvalue weighted by Gasteiger charge is -2.37. The van der Waals surface area contributed by atoms with Gasteiger partial charge in [-0.05, 0) is 279 Å². The highest BCUT2D eigenvalue weighted by Crippen LogP contribution is 2.32. The van der Waals surface area contributed by atoms with Gasteiger partial charge in [0.05, 0.1) is 35.6 Å². The van der Waals surface area contributed by atoms with Gasteiger partial charge in [0.1, 0.15) is 44.6 Å². The van der Waals surface area contributed by atoms with Gasteiger partial charge in [-0.25, -0.2) is 0 Å². The lowest BCUT2D eigenvalue weighted by atomic mass is 9.82. The number of nitrogens with one attached hydrogen (secondary N) is 5. The maximum absolute atomic E-state index is 12.2. The van der Waals surface area contributed by atoms with E-state index < -0.39 is 0 Å². The molecule has 5 N–H and O–H groups in total. The summed E-state index contributed by atoms with van der Waals surface area (Å²) < 4.78 is 27.3. The van der Waals surface area contributed by atoms with Gasteiger partial charge in [-0.15, -0.1) is 0 Å². The topological polar surface area (TPSA) is 354 Å². The lowest BCUT2D eigenvalue weighted by molar-refractivity contribution is -0.143. The molecular weight excluding hydrogens is 1900 g/mol. The van der Waals surface area contributed by atoms with Crippen molar-refractivity contribution in [3.8, 4) is 0 Å². The zero-order valence-corrected chi connectivity index (χ0v) is 103. The third-order valence-electron chi connectivity index (χ3n) is 27.1. The predicted octanol–water partition coefficient (Wildman–Crippen LogP) is 18.3. The highest BCUT2D eigenvalue weighted by Gasteiger charge is 2.37. The number of hydrogen-bond donors (Lipinski definition) is 5. The van der Waals surface area contributed by atoms with E-state index in [0.717, 1.165) is 174 Å². The van der Waals surface area contributed by atoms with Crippen LogP contribution in [0.15, 0.2) is 0 Å². The third-order valence-corrected chi connectivity index (χ3v) is 27.1. The molecule has 0 aromatic carbocycles. The summed E-state index contributed by atoms with van der Waals surface area (Å²) in [5.41, 5.74) is 0.0520. The Morgan fingerprint density at radius 1 is 0.287 bits per heavy atom. The standard InChI is InChI=1S/C19H36N2O2.C18H35N3O2.C18H34N2O3.C18H33NO3.C17H31NO3.C16H30N2O3.C13H26N2O2/c1-18(2,3)10-7-16(22)21-13-8-15(9-14-21)17(23)20-12-11-19(4,5)6;1-17(2,3)9-10-19-16(23)14-7-11-21(12-8-14)15(22)13-20-18(4,5)6;1-14(2)23-13-17(22)20-11-8-15(9-12-20)19-16(21)7-6-10-18(3,4)5;1-14(2)22-13-17(21)19-11-8-15(9-12-19)16(20)7-6-10-18(3,4)5;1-16(2,3)11-14(19)13-7-9-18(10-8-13)15(20)12-21-17(4,5)6;1-15(2,3)14(20)17-12-7-9-18(10-8-12)13(19)11-21-16(4,5)6;1-11(2)14-6-8-15(9-7-14)12(16)10-17-13(3,4)5/h15H,7-14H2,1-6H3,(H,20,23);14,20H,7-13H2,1-6H3,(H,19,23);14-15H,6-13H2,1-5H3,(H,19,21);14-15H,6-13H2,1-5H3;13H,7-12H2,1-6H3;12H,7-11H2,1-6H3,(H,17,20);11H,6-10H2,1-5H3. The summed E-state index contributed by atoms with van der Waals surface area (Å²) in [5.74, 6) is 2.30. The number of amides is 11. The molecule has 31 nitrogen and oxygen atoms in total. The first-order chi connectivity index (χ1) is 68.6. The first-order valence-electron chi connectivity index (χ1n) is 57.4. The molecule has 7 saturated heterocycles. The summed E-state index contributed by atoms with van der Waals surface area (Å²) in [4.78, 5) is 173. The highest BCUT2D eigenvalue weighted by atomic mass is 16.5. The van der Waals surface area contributed by atoms with Crippen molar-refractivity contribution in [3.05, 3.63) is 0 Å². The van der Waals surface area contributed by atoms with Crippen LogP contribution in [0.1, 0.15) is 418 Å². The van der Waals surface area contributed by atoms with Gasteiger partial charge in [0, 0.05) is 196 Å². The first kappa shape index (κ1) is 141. The molecule has 7 rings (SSSR count). The molecule has 0 unspecified atom stereocenters. The van der Waals surface area contributed by atoms with E-state index in [2.05, 4.69) is 191 Å². The molecule has 7 aliphatic heterocycles. The molecule has 31 heteroatoms. The summed E-state index contributed by atoms with van der Waals surface area (Å²) in [6.07, 6.45) is 19.2. The maximum Gasteiger partial charge on any atom is 0.248 e. The van der Waals surface area contributed by atoms with Gasteiger partial charge >= 0.3 is 0 Å². The molecule has 0 aromatic rings. The van der Waals surface area contributed by atoms with E-state index in [0.29, 0.717) is 121 Å². The minimum absolute atomic E-state index is 0.0329. The Labute approximate surface area is 912 Å². The highest BCUT2D eigenvalue weighted by molar-refractivity contribution is 5.85. The Morgan fingerprint density at radius 3 is 0.873 bits per heavy atom. The van der Waals surface area contributed by atoms with Crippen molar-refractivity contribution >= 4 is 76.5 Å². The summed E-state index contributed by atoms with van der Waals surface area (Å²) in [6, 6.07) is 0.939. The number of hydrogen-bond acceptors (Lipinski definition) is 20. The molecule has 0 aromatic heterocycles. The van der Waals surface area contributed by atoms with Crippen LogP contribution < -0.4 is 26.6 Å². The van der Waals surface area contributed by atoms with E-state index in [1.807, 2.05) is 145 Å². The van der Waals surface area contributed by atoms with Crippen LogP contribution in [-0.2, 0) is 86.0 Å². The van der Waals surface area contributed by atoms with Crippen molar-refractivity contribution in [2.75, 3.05) is 157 Å². The van der Waals surface area contributed by atoms with E-state index in [1.54, 1.807) is 0 Å². The summed E-state index contributed by atoms with van der Waals surface area (Å²) in [7, 11) is 0. The van der Waals surface area contributed by atoms with Crippen molar-refractivity contribution < 1.29 is 86.0 Å². The SMILES string of the molecule is CC(C)(C)CC(=O)C1CCN(C(=O)COC(C)(C)C)CC1.CC(C)(C)CCNC(=O)C1CCN(C(=O)CCC(C)(C)C)CC1.CC(C)(C)CCNC(=O)C1CCN(C(=O)CNC(C)(C)C)CC1.CC(C)(C)OCC(=O)N1CCC(NC(=O)C(C)(C)C)CC1.CC(C)N1CCN(C(=O)COC(C)(C)C)CC1.CC(C)OCC(=O)N1CCC(C(=O)CCCC(C)(C)C)CC1.CC(C)OCC(=O)N1CCC(NC(=O)CCCC(C)(C)C)CC1. The number of ether oxygens (including phenoxy) is 5. The molecule has 0 spiro atoms. The van der Waals surface area contributed by atoms with Crippen LogP contribution in [-0.4, -0.2) is 326 Å². The fourth-order valence-electron chi connectivity index (χ4n) is 17.1. The van der Waals surface area contributed by atoms with Crippen LogP contribution in [0.4, 0.5) is 0 Å². The van der Waals surface area contributed by atoms with Crippen LogP contribution >= 0.6 is 0 Å². The molecule has 150 heavy (non-hydrogen) atoms. The molecule has 874 valence electrons. The molecule has 11 amide bonds. The van der Waals surface area contributed by atoms with Gasteiger partial charge in [0.25, 0.3) is 0 Å². The summed E-state index contributed by atoms with van der Waals surface area (Å²) in [6.45, 7) is 95.1. The van der Waals surface area contributed by atoms with Crippen molar-refractivity contribution in [3.63, 3.8) is 0 Å².